The van der Waals surface area contributed by atoms with E-state index in [4.69, 9.17) is 4.52 Å². The molecule has 2 heterocycles. The molecule has 116 valence electrons. The van der Waals surface area contributed by atoms with Gasteiger partial charge < -0.3 is 9.42 Å². The molecule has 0 aliphatic rings. The number of amides is 1. The summed E-state index contributed by atoms with van der Waals surface area (Å²) in [6.45, 7) is 2.14. The highest BCUT2D eigenvalue weighted by Gasteiger charge is 2.16. The maximum Gasteiger partial charge on any atom is 0.274 e. The largest absolute Gasteiger partial charge is 0.359 e. The van der Waals surface area contributed by atoms with Gasteiger partial charge in [0.1, 0.15) is 11.4 Å². The van der Waals surface area contributed by atoms with Crippen molar-refractivity contribution in [3.8, 4) is 11.3 Å². The number of hydrogen-bond donors (Lipinski definition) is 0. The highest BCUT2D eigenvalue weighted by atomic mass is 16.5. The summed E-state index contributed by atoms with van der Waals surface area (Å²) in [5.74, 6) is 0.398. The van der Waals surface area contributed by atoms with Crippen molar-refractivity contribution in [3.63, 3.8) is 0 Å². The molecular formula is C17H16N4O2. The molecule has 6 heteroatoms. The van der Waals surface area contributed by atoms with Crippen molar-refractivity contribution < 1.29 is 9.32 Å². The Morgan fingerprint density at radius 2 is 1.96 bits per heavy atom. The molecule has 0 radical (unpaired) electrons. The number of aryl methyl sites for hydroxylation is 1. The van der Waals surface area contributed by atoms with E-state index in [1.807, 2.05) is 43.3 Å². The summed E-state index contributed by atoms with van der Waals surface area (Å²) in [6, 6.07) is 11.6. The zero-order valence-corrected chi connectivity index (χ0v) is 12.9. The summed E-state index contributed by atoms with van der Waals surface area (Å²) in [4.78, 5) is 22.0. The summed E-state index contributed by atoms with van der Waals surface area (Å²) in [6.07, 6.45) is 3.05. The number of hydrogen-bond acceptors (Lipinski definition) is 5. The smallest absolute Gasteiger partial charge is 0.274 e. The van der Waals surface area contributed by atoms with Crippen LogP contribution in [0.1, 0.15) is 21.9 Å². The lowest BCUT2D eigenvalue weighted by atomic mass is 10.1. The SMILES string of the molecule is Cc1cnc(C(=O)N(C)Cc2cc(-c3ccccc3)no2)cn1. The Kier molecular flexibility index (Phi) is 4.14. The second-order valence-corrected chi connectivity index (χ2v) is 5.25. The molecule has 0 unspecified atom stereocenters. The number of carbonyl (C=O) groups is 1. The first-order valence-corrected chi connectivity index (χ1v) is 7.18. The Bertz CT molecular complexity index is 797. The van der Waals surface area contributed by atoms with Crippen LogP contribution in [0.25, 0.3) is 11.3 Å². The zero-order chi connectivity index (χ0) is 16.2. The molecule has 0 bridgehead atoms. The van der Waals surface area contributed by atoms with Crippen LogP contribution < -0.4 is 0 Å². The lowest BCUT2D eigenvalue weighted by Crippen LogP contribution is -2.27. The van der Waals surface area contributed by atoms with Crippen LogP contribution in [0.3, 0.4) is 0 Å². The summed E-state index contributed by atoms with van der Waals surface area (Å²) < 4.78 is 5.31. The molecule has 1 amide bonds. The maximum atomic E-state index is 12.3. The van der Waals surface area contributed by atoms with E-state index in [2.05, 4.69) is 15.1 Å². The Morgan fingerprint density at radius 1 is 1.17 bits per heavy atom. The second-order valence-electron chi connectivity index (χ2n) is 5.25. The van der Waals surface area contributed by atoms with Gasteiger partial charge in [0, 0.05) is 24.9 Å². The van der Waals surface area contributed by atoms with Gasteiger partial charge in [-0.2, -0.15) is 0 Å². The molecule has 23 heavy (non-hydrogen) atoms. The van der Waals surface area contributed by atoms with Gasteiger partial charge in [-0.25, -0.2) is 4.98 Å². The van der Waals surface area contributed by atoms with Gasteiger partial charge in [0.15, 0.2) is 5.76 Å². The third-order valence-corrected chi connectivity index (χ3v) is 3.37. The third kappa shape index (κ3) is 3.42. The van der Waals surface area contributed by atoms with Crippen LogP contribution in [0.4, 0.5) is 0 Å². The standard InChI is InChI=1S/C17H16N4O2/c1-12-9-19-16(10-18-12)17(22)21(2)11-14-8-15(20-23-14)13-6-4-3-5-7-13/h3-10H,11H2,1-2H3. The van der Waals surface area contributed by atoms with Crippen molar-refractivity contribution in [2.45, 2.75) is 13.5 Å². The van der Waals surface area contributed by atoms with E-state index in [0.29, 0.717) is 18.0 Å². The first-order valence-electron chi connectivity index (χ1n) is 7.18. The quantitative estimate of drug-likeness (QED) is 0.741. The van der Waals surface area contributed by atoms with E-state index in [1.165, 1.54) is 11.1 Å². The van der Waals surface area contributed by atoms with Crippen molar-refractivity contribution in [1.29, 1.82) is 0 Å². The molecule has 0 fully saturated rings. The van der Waals surface area contributed by atoms with E-state index in [0.717, 1.165) is 17.0 Å². The predicted octanol–water partition coefficient (Wildman–Crippen LogP) is 2.71. The van der Waals surface area contributed by atoms with Gasteiger partial charge in [0.2, 0.25) is 0 Å². The fraction of sp³-hybridized carbons (Fsp3) is 0.176. The van der Waals surface area contributed by atoms with E-state index in [9.17, 15) is 4.79 Å². The number of benzene rings is 1. The molecular weight excluding hydrogens is 292 g/mol. The van der Waals surface area contributed by atoms with Gasteiger partial charge >= 0.3 is 0 Å². The minimum Gasteiger partial charge on any atom is -0.359 e. The van der Waals surface area contributed by atoms with Gasteiger partial charge in [0.25, 0.3) is 5.91 Å². The molecule has 3 rings (SSSR count). The minimum atomic E-state index is -0.213. The van der Waals surface area contributed by atoms with Gasteiger partial charge in [-0.3, -0.25) is 9.78 Å². The topological polar surface area (TPSA) is 72.1 Å². The molecule has 0 aliphatic carbocycles. The Labute approximate surface area is 133 Å². The molecule has 0 spiro atoms. The lowest BCUT2D eigenvalue weighted by molar-refractivity contribution is 0.0766. The van der Waals surface area contributed by atoms with Gasteiger partial charge in [-0.05, 0) is 6.92 Å². The number of carbonyl (C=O) groups excluding carboxylic acids is 1. The fourth-order valence-electron chi connectivity index (χ4n) is 2.14. The van der Waals surface area contributed by atoms with Crippen LogP contribution in [-0.2, 0) is 6.54 Å². The van der Waals surface area contributed by atoms with E-state index in [1.54, 1.807) is 13.2 Å². The molecule has 3 aromatic rings. The lowest BCUT2D eigenvalue weighted by Gasteiger charge is -2.14. The van der Waals surface area contributed by atoms with Gasteiger partial charge in [-0.1, -0.05) is 35.5 Å². The molecule has 0 aliphatic heterocycles. The first-order chi connectivity index (χ1) is 11.1. The average molecular weight is 308 g/mol. The predicted molar refractivity (Wildman–Crippen MR) is 84.5 cm³/mol. The van der Waals surface area contributed by atoms with Gasteiger partial charge in [-0.15, -0.1) is 0 Å². The Balaban J connectivity index is 1.71. The van der Waals surface area contributed by atoms with Crippen LogP contribution in [0.5, 0.6) is 0 Å². The van der Waals surface area contributed by atoms with Crippen LogP contribution >= 0.6 is 0 Å². The number of aromatic nitrogens is 3. The molecule has 1 aromatic carbocycles. The summed E-state index contributed by atoms with van der Waals surface area (Å²) in [5.41, 5.74) is 2.80. The highest BCUT2D eigenvalue weighted by molar-refractivity contribution is 5.91. The Morgan fingerprint density at radius 3 is 2.65 bits per heavy atom. The molecule has 0 saturated carbocycles. The van der Waals surface area contributed by atoms with Crippen LogP contribution in [-0.4, -0.2) is 33.0 Å². The normalized spacial score (nSPS) is 10.5. The highest BCUT2D eigenvalue weighted by Crippen LogP contribution is 2.19. The monoisotopic (exact) mass is 308 g/mol. The first kappa shape index (κ1) is 14.9. The minimum absolute atomic E-state index is 0.213. The summed E-state index contributed by atoms with van der Waals surface area (Å²) in [7, 11) is 1.69. The van der Waals surface area contributed by atoms with Gasteiger partial charge in [0.05, 0.1) is 18.4 Å². The molecule has 0 saturated heterocycles. The van der Waals surface area contributed by atoms with Crippen molar-refractivity contribution in [1.82, 2.24) is 20.0 Å². The summed E-state index contributed by atoms with van der Waals surface area (Å²) >= 11 is 0. The van der Waals surface area contributed by atoms with Crippen molar-refractivity contribution in [2.75, 3.05) is 7.05 Å². The van der Waals surface area contributed by atoms with Crippen LogP contribution in [0.15, 0.2) is 53.3 Å². The third-order valence-electron chi connectivity index (χ3n) is 3.37. The average Bonchev–Trinajstić information content (AvgIpc) is 3.04. The molecule has 6 nitrogen and oxygen atoms in total. The van der Waals surface area contributed by atoms with E-state index in [-0.39, 0.29) is 5.91 Å². The van der Waals surface area contributed by atoms with E-state index >= 15 is 0 Å². The Hall–Kier alpha value is -3.02. The fourth-order valence-corrected chi connectivity index (χ4v) is 2.14. The van der Waals surface area contributed by atoms with Crippen molar-refractivity contribution in [2.24, 2.45) is 0 Å². The second kappa shape index (κ2) is 6.39. The number of nitrogens with zero attached hydrogens (tertiary/aromatic N) is 4. The van der Waals surface area contributed by atoms with Crippen molar-refractivity contribution in [3.05, 3.63) is 65.9 Å². The maximum absolute atomic E-state index is 12.3. The molecule has 0 N–H and O–H groups in total. The van der Waals surface area contributed by atoms with Crippen molar-refractivity contribution >= 4 is 5.91 Å². The van der Waals surface area contributed by atoms with Crippen LogP contribution in [0, 0.1) is 6.92 Å². The summed E-state index contributed by atoms with van der Waals surface area (Å²) in [5, 5.41) is 4.04. The zero-order valence-electron chi connectivity index (χ0n) is 12.9. The number of rotatable bonds is 4. The van der Waals surface area contributed by atoms with Crippen LogP contribution in [0.2, 0.25) is 0 Å². The van der Waals surface area contributed by atoms with E-state index < -0.39 is 0 Å². The molecule has 0 atom stereocenters. The molecule has 2 aromatic heterocycles.